The van der Waals surface area contributed by atoms with Gasteiger partial charge in [-0.15, -0.1) is 0 Å². The van der Waals surface area contributed by atoms with Crippen molar-refractivity contribution in [2.45, 2.75) is 6.54 Å². The van der Waals surface area contributed by atoms with Gasteiger partial charge >= 0.3 is 0 Å². The Morgan fingerprint density at radius 3 is 2.70 bits per heavy atom. The number of imidazole rings is 1. The normalized spacial score (nSPS) is 10.4. The predicted octanol–water partition coefficient (Wildman–Crippen LogP) is 3.00. The standard InChI is InChI=1S/C16H14N4/c1-18-16-19-14-8-4-5-9-15(14)20(16)11-13-7-3-2-6-12(13)10-17/h2-9H,11H2,1H3,(H,18,19). The molecule has 0 aliphatic rings. The lowest BCUT2D eigenvalue weighted by Gasteiger charge is -2.09. The van der Waals surface area contributed by atoms with Crippen LogP contribution in [0.4, 0.5) is 5.95 Å². The van der Waals surface area contributed by atoms with Crippen LogP contribution in [0.3, 0.4) is 0 Å². The number of rotatable bonds is 3. The fraction of sp³-hybridized carbons (Fsp3) is 0.125. The van der Waals surface area contributed by atoms with Crippen molar-refractivity contribution in [3.8, 4) is 6.07 Å². The third-order valence-corrected chi connectivity index (χ3v) is 3.34. The van der Waals surface area contributed by atoms with E-state index >= 15 is 0 Å². The van der Waals surface area contributed by atoms with Crippen molar-refractivity contribution in [2.24, 2.45) is 0 Å². The number of para-hydroxylation sites is 2. The van der Waals surface area contributed by atoms with Gasteiger partial charge in [0.15, 0.2) is 0 Å². The first-order valence-corrected chi connectivity index (χ1v) is 6.44. The van der Waals surface area contributed by atoms with Gasteiger partial charge in [0.2, 0.25) is 5.95 Å². The van der Waals surface area contributed by atoms with Crippen molar-refractivity contribution in [1.82, 2.24) is 9.55 Å². The Morgan fingerprint density at radius 1 is 1.15 bits per heavy atom. The number of benzene rings is 2. The minimum absolute atomic E-state index is 0.625. The van der Waals surface area contributed by atoms with Crippen LogP contribution in [-0.2, 0) is 6.54 Å². The van der Waals surface area contributed by atoms with E-state index in [0.717, 1.165) is 22.5 Å². The summed E-state index contributed by atoms with van der Waals surface area (Å²) >= 11 is 0. The molecule has 0 aliphatic carbocycles. The maximum Gasteiger partial charge on any atom is 0.203 e. The molecule has 3 aromatic rings. The van der Waals surface area contributed by atoms with Crippen molar-refractivity contribution < 1.29 is 0 Å². The molecule has 1 N–H and O–H groups in total. The van der Waals surface area contributed by atoms with E-state index in [2.05, 4.69) is 20.9 Å². The molecule has 2 aromatic carbocycles. The number of aromatic nitrogens is 2. The lowest BCUT2D eigenvalue weighted by atomic mass is 10.1. The van der Waals surface area contributed by atoms with E-state index in [0.29, 0.717) is 12.1 Å². The monoisotopic (exact) mass is 262 g/mol. The molecular formula is C16H14N4. The average Bonchev–Trinajstić information content (AvgIpc) is 2.86. The molecule has 1 heterocycles. The van der Waals surface area contributed by atoms with Crippen molar-refractivity contribution in [2.75, 3.05) is 12.4 Å². The van der Waals surface area contributed by atoms with Crippen LogP contribution in [0.25, 0.3) is 11.0 Å². The van der Waals surface area contributed by atoms with Gasteiger partial charge in [-0.25, -0.2) is 4.98 Å². The van der Waals surface area contributed by atoms with Gasteiger partial charge in [-0.3, -0.25) is 0 Å². The first kappa shape index (κ1) is 12.2. The van der Waals surface area contributed by atoms with Gasteiger partial charge in [-0.1, -0.05) is 30.3 Å². The number of fused-ring (bicyclic) bond motifs is 1. The minimum atomic E-state index is 0.625. The average molecular weight is 262 g/mol. The molecule has 0 spiro atoms. The zero-order valence-corrected chi connectivity index (χ0v) is 11.2. The van der Waals surface area contributed by atoms with E-state index in [1.165, 1.54) is 0 Å². The van der Waals surface area contributed by atoms with Crippen LogP contribution >= 0.6 is 0 Å². The second kappa shape index (κ2) is 5.06. The van der Waals surface area contributed by atoms with Crippen LogP contribution in [0.5, 0.6) is 0 Å². The summed E-state index contributed by atoms with van der Waals surface area (Å²) in [5.41, 5.74) is 3.71. The van der Waals surface area contributed by atoms with Gasteiger partial charge in [-0.2, -0.15) is 5.26 Å². The fourth-order valence-corrected chi connectivity index (χ4v) is 2.36. The van der Waals surface area contributed by atoms with Gasteiger partial charge in [0.1, 0.15) is 0 Å². The molecule has 3 rings (SSSR count). The molecule has 0 atom stereocenters. The second-order valence-electron chi connectivity index (χ2n) is 4.53. The molecule has 1 aromatic heterocycles. The van der Waals surface area contributed by atoms with Gasteiger partial charge in [-0.05, 0) is 23.8 Å². The highest BCUT2D eigenvalue weighted by molar-refractivity contribution is 5.78. The second-order valence-corrected chi connectivity index (χ2v) is 4.53. The summed E-state index contributed by atoms with van der Waals surface area (Å²) in [6.07, 6.45) is 0. The SMILES string of the molecule is CNc1nc2ccccc2n1Cc1ccccc1C#N. The first-order chi connectivity index (χ1) is 9.83. The summed E-state index contributed by atoms with van der Waals surface area (Å²) in [5, 5.41) is 12.3. The molecule has 0 radical (unpaired) electrons. The molecule has 20 heavy (non-hydrogen) atoms. The van der Waals surface area contributed by atoms with Crippen LogP contribution in [0.1, 0.15) is 11.1 Å². The highest BCUT2D eigenvalue weighted by atomic mass is 15.2. The number of hydrogen-bond donors (Lipinski definition) is 1. The van der Waals surface area contributed by atoms with Crippen LogP contribution in [-0.4, -0.2) is 16.6 Å². The maximum atomic E-state index is 9.20. The quantitative estimate of drug-likeness (QED) is 0.789. The summed E-state index contributed by atoms with van der Waals surface area (Å²) in [6.45, 7) is 0.625. The Bertz CT molecular complexity index is 796. The summed E-state index contributed by atoms with van der Waals surface area (Å²) in [4.78, 5) is 4.55. The van der Waals surface area contributed by atoms with E-state index in [9.17, 15) is 5.26 Å². The molecule has 0 bridgehead atoms. The van der Waals surface area contributed by atoms with E-state index in [1.807, 2.05) is 55.6 Å². The summed E-state index contributed by atoms with van der Waals surface area (Å²) in [6, 6.07) is 17.9. The Labute approximate surface area is 117 Å². The summed E-state index contributed by atoms with van der Waals surface area (Å²) in [7, 11) is 1.86. The zero-order valence-electron chi connectivity index (χ0n) is 11.2. The highest BCUT2D eigenvalue weighted by Gasteiger charge is 2.11. The number of nitrogens with one attached hydrogen (secondary N) is 1. The van der Waals surface area contributed by atoms with Gasteiger partial charge in [0.25, 0.3) is 0 Å². The number of hydrogen-bond acceptors (Lipinski definition) is 3. The third kappa shape index (κ3) is 1.99. The van der Waals surface area contributed by atoms with Crippen molar-refractivity contribution in [3.63, 3.8) is 0 Å². The Kier molecular flexibility index (Phi) is 3.10. The summed E-state index contributed by atoms with van der Waals surface area (Å²) in [5.74, 6) is 0.805. The maximum absolute atomic E-state index is 9.20. The fourth-order valence-electron chi connectivity index (χ4n) is 2.36. The minimum Gasteiger partial charge on any atom is -0.359 e. The molecule has 0 aliphatic heterocycles. The highest BCUT2D eigenvalue weighted by Crippen LogP contribution is 2.21. The lowest BCUT2D eigenvalue weighted by Crippen LogP contribution is -2.06. The molecule has 0 amide bonds. The number of anilines is 1. The van der Waals surface area contributed by atoms with E-state index in [1.54, 1.807) is 0 Å². The predicted molar refractivity (Wildman–Crippen MR) is 79.5 cm³/mol. The van der Waals surface area contributed by atoms with E-state index in [-0.39, 0.29) is 0 Å². The van der Waals surface area contributed by atoms with Crippen molar-refractivity contribution >= 4 is 17.0 Å². The Balaban J connectivity index is 2.13. The first-order valence-electron chi connectivity index (χ1n) is 6.44. The Morgan fingerprint density at radius 2 is 1.90 bits per heavy atom. The molecule has 0 saturated carbocycles. The Hall–Kier alpha value is -2.80. The number of nitrogens with zero attached hydrogens (tertiary/aromatic N) is 3. The third-order valence-electron chi connectivity index (χ3n) is 3.34. The smallest absolute Gasteiger partial charge is 0.203 e. The van der Waals surface area contributed by atoms with Crippen molar-refractivity contribution in [1.29, 1.82) is 5.26 Å². The zero-order chi connectivity index (χ0) is 13.9. The van der Waals surface area contributed by atoms with Gasteiger partial charge in [0.05, 0.1) is 29.2 Å². The molecule has 4 nitrogen and oxygen atoms in total. The summed E-state index contributed by atoms with van der Waals surface area (Å²) < 4.78 is 2.09. The van der Waals surface area contributed by atoms with Crippen LogP contribution in [0.15, 0.2) is 48.5 Å². The molecule has 0 unspecified atom stereocenters. The lowest BCUT2D eigenvalue weighted by molar-refractivity contribution is 0.829. The van der Waals surface area contributed by atoms with Crippen LogP contribution < -0.4 is 5.32 Å². The van der Waals surface area contributed by atoms with Gasteiger partial charge < -0.3 is 9.88 Å². The molecule has 98 valence electrons. The molecule has 0 fully saturated rings. The van der Waals surface area contributed by atoms with E-state index < -0.39 is 0 Å². The molecule has 4 heteroatoms. The van der Waals surface area contributed by atoms with Crippen LogP contribution in [0, 0.1) is 11.3 Å². The molecule has 0 saturated heterocycles. The topological polar surface area (TPSA) is 53.6 Å². The van der Waals surface area contributed by atoms with E-state index in [4.69, 9.17) is 0 Å². The number of nitriles is 1. The van der Waals surface area contributed by atoms with Crippen molar-refractivity contribution in [3.05, 3.63) is 59.7 Å². The largest absolute Gasteiger partial charge is 0.359 e. The van der Waals surface area contributed by atoms with Crippen LogP contribution in [0.2, 0.25) is 0 Å². The van der Waals surface area contributed by atoms with Gasteiger partial charge in [0, 0.05) is 7.05 Å². The molecular weight excluding hydrogens is 248 g/mol.